The molecule has 25 heavy (non-hydrogen) atoms. The number of nitrogen functional groups attached to an aromatic ring is 1. The molecule has 1 aliphatic carbocycles. The van der Waals surface area contributed by atoms with Crippen LogP contribution in [-0.4, -0.2) is 38.1 Å². The van der Waals surface area contributed by atoms with Gasteiger partial charge in [-0.1, -0.05) is 0 Å². The molecule has 0 bridgehead atoms. The van der Waals surface area contributed by atoms with E-state index in [4.69, 9.17) is 10.5 Å². The molecule has 0 aliphatic heterocycles. The number of amides is 1. The zero-order chi connectivity index (χ0) is 18.0. The highest BCUT2D eigenvalue weighted by atomic mass is 16.5. The quantitative estimate of drug-likeness (QED) is 0.822. The van der Waals surface area contributed by atoms with Gasteiger partial charge in [-0.05, 0) is 60.9 Å². The first-order valence-electron chi connectivity index (χ1n) is 8.50. The summed E-state index contributed by atoms with van der Waals surface area (Å²) in [7, 11) is 5.62. The van der Waals surface area contributed by atoms with E-state index in [2.05, 4.69) is 4.90 Å². The Hall–Kier alpha value is -2.69. The predicted octanol–water partition coefficient (Wildman–Crippen LogP) is 3.15. The lowest BCUT2D eigenvalue weighted by molar-refractivity contribution is 0.0730. The van der Waals surface area contributed by atoms with Gasteiger partial charge in [0.2, 0.25) is 0 Å². The molecule has 0 aromatic heterocycles. The zero-order valence-electron chi connectivity index (χ0n) is 15.0. The average Bonchev–Trinajstić information content (AvgIpc) is 3.44. The second kappa shape index (κ2) is 7.05. The van der Waals surface area contributed by atoms with Gasteiger partial charge in [0.1, 0.15) is 5.75 Å². The van der Waals surface area contributed by atoms with Gasteiger partial charge in [-0.25, -0.2) is 0 Å². The molecule has 5 nitrogen and oxygen atoms in total. The number of ether oxygens (including phenoxy) is 1. The van der Waals surface area contributed by atoms with Crippen LogP contribution in [0.5, 0.6) is 5.75 Å². The van der Waals surface area contributed by atoms with E-state index in [0.717, 1.165) is 29.8 Å². The van der Waals surface area contributed by atoms with Crippen molar-refractivity contribution in [2.24, 2.45) is 0 Å². The molecule has 1 saturated carbocycles. The number of carbonyl (C=O) groups is 1. The highest BCUT2D eigenvalue weighted by molar-refractivity contribution is 5.94. The molecule has 0 heterocycles. The third-order valence-electron chi connectivity index (χ3n) is 4.51. The van der Waals surface area contributed by atoms with E-state index in [1.807, 2.05) is 61.5 Å². The van der Waals surface area contributed by atoms with Crippen LogP contribution in [0, 0.1) is 0 Å². The Kier molecular flexibility index (Phi) is 4.83. The average molecular weight is 339 g/mol. The third kappa shape index (κ3) is 3.87. The summed E-state index contributed by atoms with van der Waals surface area (Å²) in [6.45, 7) is 0.564. The van der Waals surface area contributed by atoms with Crippen molar-refractivity contribution in [3.63, 3.8) is 0 Å². The first kappa shape index (κ1) is 17.1. The largest absolute Gasteiger partial charge is 0.497 e. The molecule has 2 N–H and O–H groups in total. The van der Waals surface area contributed by atoms with Crippen LogP contribution >= 0.6 is 0 Å². The highest BCUT2D eigenvalue weighted by Gasteiger charge is 2.33. The Labute approximate surface area is 149 Å². The van der Waals surface area contributed by atoms with Crippen molar-refractivity contribution in [2.75, 3.05) is 31.8 Å². The third-order valence-corrected chi connectivity index (χ3v) is 4.51. The molecule has 132 valence electrons. The fraction of sp³-hybridized carbons (Fsp3) is 0.350. The lowest BCUT2D eigenvalue weighted by Crippen LogP contribution is -2.33. The van der Waals surface area contributed by atoms with Crippen molar-refractivity contribution >= 4 is 17.3 Å². The fourth-order valence-electron chi connectivity index (χ4n) is 3.00. The number of rotatable bonds is 6. The molecule has 0 saturated heterocycles. The Bertz CT molecular complexity index is 752. The smallest absolute Gasteiger partial charge is 0.254 e. The van der Waals surface area contributed by atoms with Crippen molar-refractivity contribution in [2.45, 2.75) is 25.4 Å². The molecule has 2 aromatic carbocycles. The van der Waals surface area contributed by atoms with Crippen molar-refractivity contribution in [1.29, 1.82) is 0 Å². The molecular formula is C20H25N3O2. The van der Waals surface area contributed by atoms with Crippen molar-refractivity contribution in [1.82, 2.24) is 4.90 Å². The maximum absolute atomic E-state index is 13.0. The van der Waals surface area contributed by atoms with Crippen LogP contribution in [0.25, 0.3) is 0 Å². The number of anilines is 2. The molecule has 0 radical (unpaired) electrons. The SMILES string of the molecule is COc1ccc(C(=O)N(Cc2cc(N)ccc2N(C)C)C2CC2)cc1. The van der Waals surface area contributed by atoms with Crippen LogP contribution in [0.3, 0.4) is 0 Å². The van der Waals surface area contributed by atoms with E-state index in [0.29, 0.717) is 23.8 Å². The van der Waals surface area contributed by atoms with Crippen molar-refractivity contribution in [3.8, 4) is 5.75 Å². The van der Waals surface area contributed by atoms with Crippen molar-refractivity contribution < 1.29 is 9.53 Å². The lowest BCUT2D eigenvalue weighted by atomic mass is 10.1. The Morgan fingerprint density at radius 2 is 1.84 bits per heavy atom. The van der Waals surface area contributed by atoms with Crippen LogP contribution in [0.4, 0.5) is 11.4 Å². The second-order valence-electron chi connectivity index (χ2n) is 6.68. The molecule has 1 aliphatic rings. The number of nitrogens with zero attached hydrogens (tertiary/aromatic N) is 2. The zero-order valence-corrected chi connectivity index (χ0v) is 15.0. The predicted molar refractivity (Wildman–Crippen MR) is 101 cm³/mol. The summed E-state index contributed by atoms with van der Waals surface area (Å²) in [6, 6.07) is 13.5. The van der Waals surface area contributed by atoms with Gasteiger partial charge in [-0.3, -0.25) is 4.79 Å². The van der Waals surface area contributed by atoms with Gasteiger partial charge in [0, 0.05) is 43.6 Å². The molecule has 5 heteroatoms. The van der Waals surface area contributed by atoms with Crippen molar-refractivity contribution in [3.05, 3.63) is 53.6 Å². The molecule has 0 atom stereocenters. The molecule has 0 unspecified atom stereocenters. The number of nitrogens with two attached hydrogens (primary N) is 1. The topological polar surface area (TPSA) is 58.8 Å². The Balaban J connectivity index is 1.87. The van der Waals surface area contributed by atoms with E-state index in [-0.39, 0.29) is 5.91 Å². The molecule has 3 rings (SSSR count). The maximum atomic E-state index is 13.0. The highest BCUT2D eigenvalue weighted by Crippen LogP contribution is 2.32. The summed E-state index contributed by atoms with van der Waals surface area (Å²) in [5, 5.41) is 0. The van der Waals surface area contributed by atoms with E-state index >= 15 is 0 Å². The maximum Gasteiger partial charge on any atom is 0.254 e. The summed E-state index contributed by atoms with van der Waals surface area (Å²) < 4.78 is 5.18. The standard InChI is InChI=1S/C20H25N3O2/c1-22(2)19-11-6-16(21)12-15(19)13-23(17-7-8-17)20(24)14-4-9-18(25-3)10-5-14/h4-6,9-12,17H,7-8,13,21H2,1-3H3. The molecule has 2 aromatic rings. The van der Waals surface area contributed by atoms with E-state index in [1.165, 1.54) is 0 Å². The summed E-state index contributed by atoms with van der Waals surface area (Å²) in [6.07, 6.45) is 2.11. The van der Waals surface area contributed by atoms with Gasteiger partial charge >= 0.3 is 0 Å². The van der Waals surface area contributed by atoms with E-state index < -0.39 is 0 Å². The molecule has 1 amide bonds. The van der Waals surface area contributed by atoms with Gasteiger partial charge in [0.25, 0.3) is 5.91 Å². The van der Waals surface area contributed by atoms with Gasteiger partial charge in [-0.2, -0.15) is 0 Å². The minimum absolute atomic E-state index is 0.0530. The van der Waals surface area contributed by atoms with Crippen LogP contribution in [0.1, 0.15) is 28.8 Å². The number of benzene rings is 2. The second-order valence-corrected chi connectivity index (χ2v) is 6.68. The first-order chi connectivity index (χ1) is 12.0. The van der Waals surface area contributed by atoms with Crippen LogP contribution < -0.4 is 15.4 Å². The van der Waals surface area contributed by atoms with E-state index in [9.17, 15) is 4.79 Å². The molecular weight excluding hydrogens is 314 g/mol. The number of hydrogen-bond donors (Lipinski definition) is 1. The first-order valence-corrected chi connectivity index (χ1v) is 8.50. The fourth-order valence-corrected chi connectivity index (χ4v) is 3.00. The molecule has 0 spiro atoms. The summed E-state index contributed by atoms with van der Waals surface area (Å²) >= 11 is 0. The Morgan fingerprint density at radius 3 is 2.40 bits per heavy atom. The normalized spacial score (nSPS) is 13.4. The monoisotopic (exact) mass is 339 g/mol. The minimum atomic E-state index is 0.0530. The number of carbonyl (C=O) groups excluding carboxylic acids is 1. The molecule has 1 fully saturated rings. The van der Waals surface area contributed by atoms with Gasteiger partial charge in [-0.15, -0.1) is 0 Å². The Morgan fingerprint density at radius 1 is 1.16 bits per heavy atom. The number of methoxy groups -OCH3 is 1. The number of hydrogen-bond acceptors (Lipinski definition) is 4. The van der Waals surface area contributed by atoms with Crippen LogP contribution in [0.2, 0.25) is 0 Å². The van der Waals surface area contributed by atoms with Gasteiger partial charge in [0.15, 0.2) is 0 Å². The van der Waals surface area contributed by atoms with E-state index in [1.54, 1.807) is 7.11 Å². The van der Waals surface area contributed by atoms with Crippen LogP contribution in [0.15, 0.2) is 42.5 Å². The van der Waals surface area contributed by atoms with Crippen LogP contribution in [-0.2, 0) is 6.54 Å². The lowest BCUT2D eigenvalue weighted by Gasteiger charge is -2.26. The summed E-state index contributed by atoms with van der Waals surface area (Å²) in [5.74, 6) is 0.803. The van der Waals surface area contributed by atoms with Gasteiger partial charge in [0.05, 0.1) is 7.11 Å². The minimum Gasteiger partial charge on any atom is -0.497 e. The summed E-state index contributed by atoms with van der Waals surface area (Å²) in [5.41, 5.74) is 9.53. The summed E-state index contributed by atoms with van der Waals surface area (Å²) in [4.78, 5) is 17.1. The van der Waals surface area contributed by atoms with Gasteiger partial charge < -0.3 is 20.3 Å².